The number of methoxy groups -OCH3 is 1. The average molecular weight is 369 g/mol. The monoisotopic (exact) mass is 369 g/mol. The maximum atomic E-state index is 11.8. The van der Waals surface area contributed by atoms with Gasteiger partial charge < -0.3 is 9.15 Å². The largest absolute Gasteiger partial charge is 0.496 e. The quantitative estimate of drug-likeness (QED) is 0.389. The van der Waals surface area contributed by atoms with Gasteiger partial charge in [-0.05, 0) is 31.2 Å². The number of aromatic amines is 1. The van der Waals surface area contributed by atoms with Gasteiger partial charge in [0.2, 0.25) is 0 Å². The summed E-state index contributed by atoms with van der Waals surface area (Å²) in [6.45, 7) is 1.78. The molecule has 0 saturated carbocycles. The first kappa shape index (κ1) is 17.9. The number of carbonyl (C=O) groups is 1. The van der Waals surface area contributed by atoms with E-state index in [2.05, 4.69) is 20.7 Å². The highest BCUT2D eigenvalue weighted by molar-refractivity contribution is 5.93. The highest BCUT2D eigenvalue weighted by Crippen LogP contribution is 2.33. The third kappa shape index (κ3) is 4.00. The van der Waals surface area contributed by atoms with Gasteiger partial charge >= 0.3 is 0 Å². The van der Waals surface area contributed by atoms with Crippen LogP contribution in [0.2, 0.25) is 0 Å². The van der Waals surface area contributed by atoms with Gasteiger partial charge in [0.1, 0.15) is 17.3 Å². The molecular weight excluding hydrogens is 354 g/mol. The van der Waals surface area contributed by atoms with Crippen molar-refractivity contribution in [2.45, 2.75) is 6.92 Å². The summed E-state index contributed by atoms with van der Waals surface area (Å²) in [5, 5.41) is 21.2. The topological polar surface area (TPSA) is 136 Å². The molecule has 0 aliphatic carbocycles. The van der Waals surface area contributed by atoms with Gasteiger partial charge in [0.05, 0.1) is 29.9 Å². The molecule has 138 valence electrons. The SMILES string of the molecule is COc1cc([N+](=O)[O-])ccc1-c1ccc(C=NNC(=O)c2cc(C)[nH]n2)o1. The second-order valence-corrected chi connectivity index (χ2v) is 5.48. The van der Waals surface area contributed by atoms with E-state index in [-0.39, 0.29) is 11.4 Å². The lowest BCUT2D eigenvalue weighted by Gasteiger charge is -2.05. The summed E-state index contributed by atoms with van der Waals surface area (Å²) in [6.07, 6.45) is 1.33. The van der Waals surface area contributed by atoms with E-state index in [0.717, 1.165) is 5.69 Å². The number of hydrogen-bond donors (Lipinski definition) is 2. The number of aromatic nitrogens is 2. The number of nitrogens with one attached hydrogen (secondary N) is 2. The van der Waals surface area contributed by atoms with E-state index in [1.807, 2.05) is 0 Å². The van der Waals surface area contributed by atoms with Crippen molar-refractivity contribution < 1.29 is 18.9 Å². The minimum atomic E-state index is -0.504. The smallest absolute Gasteiger partial charge is 0.291 e. The molecule has 2 N–H and O–H groups in total. The van der Waals surface area contributed by atoms with Crippen LogP contribution in [0.1, 0.15) is 21.9 Å². The third-order valence-electron chi connectivity index (χ3n) is 3.58. The first-order chi connectivity index (χ1) is 13.0. The molecular formula is C17H15N5O5. The number of hydrazone groups is 1. The Morgan fingerprint density at radius 1 is 1.37 bits per heavy atom. The van der Waals surface area contributed by atoms with E-state index in [1.165, 1.54) is 25.5 Å². The molecule has 1 aromatic carbocycles. The molecule has 0 unspecified atom stereocenters. The summed E-state index contributed by atoms with van der Waals surface area (Å²) < 4.78 is 10.8. The second-order valence-electron chi connectivity index (χ2n) is 5.48. The zero-order valence-electron chi connectivity index (χ0n) is 14.4. The number of nitrogens with zero attached hydrogens (tertiary/aromatic N) is 3. The molecule has 0 saturated heterocycles. The van der Waals surface area contributed by atoms with Crippen LogP contribution in [0.4, 0.5) is 5.69 Å². The third-order valence-corrected chi connectivity index (χ3v) is 3.58. The van der Waals surface area contributed by atoms with Gasteiger partial charge in [-0.15, -0.1) is 0 Å². The summed E-state index contributed by atoms with van der Waals surface area (Å²) in [7, 11) is 1.42. The van der Waals surface area contributed by atoms with Crippen LogP contribution in [0, 0.1) is 17.0 Å². The Morgan fingerprint density at radius 3 is 2.85 bits per heavy atom. The Bertz CT molecular complexity index is 1020. The lowest BCUT2D eigenvalue weighted by atomic mass is 10.1. The van der Waals surface area contributed by atoms with Crippen molar-refractivity contribution in [1.82, 2.24) is 15.6 Å². The number of aryl methyl sites for hydroxylation is 1. The van der Waals surface area contributed by atoms with E-state index >= 15 is 0 Å². The van der Waals surface area contributed by atoms with E-state index < -0.39 is 10.8 Å². The fraction of sp³-hybridized carbons (Fsp3) is 0.118. The molecule has 0 spiro atoms. The van der Waals surface area contributed by atoms with Crippen LogP contribution in [0.15, 0.2) is 45.9 Å². The van der Waals surface area contributed by atoms with Crippen molar-refractivity contribution in [1.29, 1.82) is 0 Å². The molecule has 1 amide bonds. The molecule has 10 heteroatoms. The Balaban J connectivity index is 1.73. The molecule has 10 nitrogen and oxygen atoms in total. The van der Waals surface area contributed by atoms with Gasteiger partial charge in [0.15, 0.2) is 5.69 Å². The van der Waals surface area contributed by atoms with Gasteiger partial charge in [-0.3, -0.25) is 20.0 Å². The van der Waals surface area contributed by atoms with Gasteiger partial charge in [0, 0.05) is 11.8 Å². The highest BCUT2D eigenvalue weighted by Gasteiger charge is 2.15. The van der Waals surface area contributed by atoms with Crippen molar-refractivity contribution in [3.8, 4) is 17.1 Å². The maximum absolute atomic E-state index is 11.8. The average Bonchev–Trinajstić information content (AvgIpc) is 3.30. The highest BCUT2D eigenvalue weighted by atomic mass is 16.6. The predicted molar refractivity (Wildman–Crippen MR) is 95.7 cm³/mol. The Kier molecular flexibility index (Phi) is 4.97. The van der Waals surface area contributed by atoms with Crippen molar-refractivity contribution in [3.63, 3.8) is 0 Å². The van der Waals surface area contributed by atoms with Crippen molar-refractivity contribution in [2.75, 3.05) is 7.11 Å². The van der Waals surface area contributed by atoms with Crippen molar-refractivity contribution in [3.05, 3.63) is 63.7 Å². The molecule has 27 heavy (non-hydrogen) atoms. The Hall–Kier alpha value is -3.95. The minimum absolute atomic E-state index is 0.0831. The molecule has 0 aliphatic heterocycles. The molecule has 0 aliphatic rings. The number of H-pyrrole nitrogens is 1. The zero-order valence-corrected chi connectivity index (χ0v) is 14.4. The number of carbonyl (C=O) groups excluding carboxylic acids is 1. The van der Waals surface area contributed by atoms with Gasteiger partial charge in [0.25, 0.3) is 11.6 Å². The molecule has 2 aromatic heterocycles. The first-order valence-corrected chi connectivity index (χ1v) is 7.76. The fourth-order valence-electron chi connectivity index (χ4n) is 2.31. The van der Waals surface area contributed by atoms with Gasteiger partial charge in [-0.1, -0.05) is 0 Å². The van der Waals surface area contributed by atoms with Crippen LogP contribution in [0.3, 0.4) is 0 Å². The Morgan fingerprint density at radius 2 is 2.19 bits per heavy atom. The standard InChI is InChI=1S/C17H15N5O5/c1-10-7-14(20-19-10)17(23)21-18-9-12-4-6-15(27-12)13-5-3-11(22(24)25)8-16(13)26-2/h3-9H,1-2H3,(H,19,20)(H,21,23). The number of furan rings is 1. The number of rotatable bonds is 6. The number of ether oxygens (including phenoxy) is 1. The van der Waals surface area contributed by atoms with Crippen LogP contribution in [-0.4, -0.2) is 34.4 Å². The van der Waals surface area contributed by atoms with Crippen molar-refractivity contribution >= 4 is 17.8 Å². The van der Waals surface area contributed by atoms with E-state index in [1.54, 1.807) is 31.2 Å². The number of nitro groups is 1. The minimum Gasteiger partial charge on any atom is -0.496 e. The second kappa shape index (κ2) is 7.52. The molecule has 0 bridgehead atoms. The zero-order chi connectivity index (χ0) is 19.4. The molecule has 2 heterocycles. The van der Waals surface area contributed by atoms with E-state index in [0.29, 0.717) is 22.8 Å². The van der Waals surface area contributed by atoms with Crippen LogP contribution in [0.5, 0.6) is 5.75 Å². The molecule has 0 radical (unpaired) electrons. The molecule has 0 atom stereocenters. The van der Waals surface area contributed by atoms with Gasteiger partial charge in [-0.25, -0.2) is 5.43 Å². The summed E-state index contributed by atoms with van der Waals surface area (Å²) in [5.41, 5.74) is 3.80. The van der Waals surface area contributed by atoms with Gasteiger partial charge in [-0.2, -0.15) is 10.2 Å². The first-order valence-electron chi connectivity index (χ1n) is 7.76. The number of hydrogen-bond acceptors (Lipinski definition) is 7. The maximum Gasteiger partial charge on any atom is 0.291 e. The van der Waals surface area contributed by atoms with E-state index in [4.69, 9.17) is 9.15 Å². The normalized spacial score (nSPS) is 10.9. The summed E-state index contributed by atoms with van der Waals surface area (Å²) in [6, 6.07) is 9.13. The van der Waals surface area contributed by atoms with Crippen molar-refractivity contribution in [2.24, 2.45) is 5.10 Å². The molecule has 3 aromatic rings. The van der Waals surface area contributed by atoms with Crippen LogP contribution in [0.25, 0.3) is 11.3 Å². The van der Waals surface area contributed by atoms with Crippen LogP contribution < -0.4 is 10.2 Å². The van der Waals surface area contributed by atoms with Crippen LogP contribution in [-0.2, 0) is 0 Å². The number of non-ortho nitro benzene ring substituents is 1. The summed E-state index contributed by atoms with van der Waals surface area (Å²) in [5.74, 6) is 0.671. The fourth-order valence-corrected chi connectivity index (χ4v) is 2.31. The van der Waals surface area contributed by atoms with Crippen LogP contribution >= 0.6 is 0 Å². The molecule has 0 fully saturated rings. The summed E-state index contributed by atoms with van der Waals surface area (Å²) >= 11 is 0. The predicted octanol–water partition coefficient (Wildman–Crippen LogP) is 2.66. The summed E-state index contributed by atoms with van der Waals surface area (Å²) in [4.78, 5) is 22.2. The number of amides is 1. The number of nitro benzene ring substituents is 1. The molecule has 3 rings (SSSR count). The Labute approximate surface area is 153 Å². The van der Waals surface area contributed by atoms with E-state index in [9.17, 15) is 14.9 Å². The lowest BCUT2D eigenvalue weighted by Crippen LogP contribution is -2.17. The number of benzene rings is 1. The lowest BCUT2D eigenvalue weighted by molar-refractivity contribution is -0.384.